The summed E-state index contributed by atoms with van der Waals surface area (Å²) in [6.45, 7) is 1.54. The van der Waals surface area contributed by atoms with E-state index in [2.05, 4.69) is 15.9 Å². The van der Waals surface area contributed by atoms with Crippen LogP contribution in [0.4, 0.5) is 4.39 Å². The maximum absolute atomic E-state index is 12.9. The third kappa shape index (κ3) is 9.80. The molecule has 2 rings (SSSR count). The number of aryl methyl sites for hydroxylation is 1. The number of thioether (sulfide) groups is 1. The van der Waals surface area contributed by atoms with Crippen molar-refractivity contribution in [2.45, 2.75) is 43.5 Å². The summed E-state index contributed by atoms with van der Waals surface area (Å²) < 4.78 is 27.9. The standard InChI is InChI=1S/C22H26FN2O3PS/c23-21-9-6-18(7-10-21)5-2-1-3-14-30-22-11-8-19(15-20(22)16-24)17-25-12-4-13-28-29(26)27/h6-11,15,25H,1-5,12-14,17H2/p+1. The van der Waals surface area contributed by atoms with Crippen LogP contribution in [0, 0.1) is 17.1 Å². The van der Waals surface area contributed by atoms with Crippen LogP contribution in [0.15, 0.2) is 47.4 Å². The molecule has 0 aliphatic heterocycles. The van der Waals surface area contributed by atoms with Crippen LogP contribution in [0.2, 0.25) is 0 Å². The van der Waals surface area contributed by atoms with E-state index in [0.717, 1.165) is 47.5 Å². The predicted molar refractivity (Wildman–Crippen MR) is 118 cm³/mol. The van der Waals surface area contributed by atoms with E-state index in [4.69, 9.17) is 4.89 Å². The molecule has 0 spiro atoms. The lowest BCUT2D eigenvalue weighted by molar-refractivity contribution is 0.276. The molecule has 160 valence electrons. The van der Waals surface area contributed by atoms with Gasteiger partial charge in [0.2, 0.25) is 0 Å². The van der Waals surface area contributed by atoms with Gasteiger partial charge in [0.15, 0.2) is 0 Å². The normalized spacial score (nSPS) is 11.3. The Labute approximate surface area is 182 Å². The van der Waals surface area contributed by atoms with E-state index in [0.29, 0.717) is 25.1 Å². The Bertz CT molecular complexity index is 843. The Balaban J connectivity index is 1.65. The van der Waals surface area contributed by atoms with Gasteiger partial charge in [0.05, 0.1) is 5.56 Å². The van der Waals surface area contributed by atoms with Crippen LogP contribution >= 0.6 is 20.0 Å². The summed E-state index contributed by atoms with van der Waals surface area (Å²) in [5, 5.41) is 12.7. The fraction of sp³-hybridized carbons (Fsp3) is 0.409. The average Bonchev–Trinajstić information content (AvgIpc) is 2.74. The fourth-order valence-corrected chi connectivity index (χ4v) is 4.19. The number of benzene rings is 2. The minimum atomic E-state index is -2.53. The average molecular weight is 450 g/mol. The topological polar surface area (TPSA) is 82.3 Å². The van der Waals surface area contributed by atoms with Crippen LogP contribution in [0.25, 0.3) is 0 Å². The molecule has 0 saturated carbocycles. The molecule has 2 N–H and O–H groups in total. The number of nitrogens with one attached hydrogen (secondary N) is 1. The third-order valence-corrected chi connectivity index (χ3v) is 6.04. The van der Waals surface area contributed by atoms with Crippen LogP contribution < -0.4 is 5.32 Å². The Morgan fingerprint density at radius 3 is 2.60 bits per heavy atom. The summed E-state index contributed by atoms with van der Waals surface area (Å²) in [6.07, 6.45) is 4.84. The lowest BCUT2D eigenvalue weighted by Crippen LogP contribution is -2.16. The summed E-state index contributed by atoms with van der Waals surface area (Å²) in [5.74, 6) is 0.764. The third-order valence-electron chi connectivity index (χ3n) is 4.47. The van der Waals surface area contributed by atoms with Crippen LogP contribution in [0.3, 0.4) is 0 Å². The first kappa shape index (κ1) is 24.5. The minimum Gasteiger partial charge on any atom is -0.313 e. The van der Waals surface area contributed by atoms with Gasteiger partial charge in [-0.15, -0.1) is 21.2 Å². The molecule has 0 radical (unpaired) electrons. The monoisotopic (exact) mass is 449 g/mol. The van der Waals surface area contributed by atoms with Crippen molar-refractivity contribution in [2.24, 2.45) is 0 Å². The number of unbranched alkanes of at least 4 members (excludes halogenated alkanes) is 2. The second-order valence-corrected chi connectivity index (χ2v) is 8.70. The summed E-state index contributed by atoms with van der Waals surface area (Å²) >= 11 is 1.71. The number of halogens is 1. The van der Waals surface area contributed by atoms with E-state index in [1.807, 2.05) is 30.3 Å². The predicted octanol–water partition coefficient (Wildman–Crippen LogP) is 5.35. The largest absolute Gasteiger partial charge is 0.694 e. The molecular weight excluding hydrogens is 422 g/mol. The zero-order valence-electron chi connectivity index (χ0n) is 16.8. The highest BCUT2D eigenvalue weighted by Crippen LogP contribution is 2.25. The van der Waals surface area contributed by atoms with Gasteiger partial charge < -0.3 is 5.32 Å². The molecule has 2 aromatic carbocycles. The first-order valence-electron chi connectivity index (χ1n) is 9.98. The lowest BCUT2D eigenvalue weighted by atomic mass is 10.1. The molecule has 0 heterocycles. The second-order valence-electron chi connectivity index (χ2n) is 6.83. The Morgan fingerprint density at radius 1 is 1.10 bits per heavy atom. The first-order valence-corrected chi connectivity index (χ1v) is 12.1. The molecule has 0 saturated heterocycles. The van der Waals surface area contributed by atoms with E-state index >= 15 is 0 Å². The van der Waals surface area contributed by atoms with Gasteiger partial charge in [0.1, 0.15) is 18.5 Å². The van der Waals surface area contributed by atoms with Crippen molar-refractivity contribution in [1.29, 1.82) is 5.26 Å². The summed E-state index contributed by atoms with van der Waals surface area (Å²) in [7, 11) is -2.53. The highest BCUT2D eigenvalue weighted by atomic mass is 32.2. The molecule has 0 fully saturated rings. The molecular formula is C22H27FN2O3PS+. The van der Waals surface area contributed by atoms with Crippen LogP contribution in [-0.4, -0.2) is 23.8 Å². The number of hydrogen-bond donors (Lipinski definition) is 2. The second kappa shape index (κ2) is 14.2. The SMILES string of the molecule is N#Cc1cc(CNCCCO[P+](=O)O)ccc1SCCCCCc1ccc(F)cc1. The van der Waals surface area contributed by atoms with Crippen LogP contribution in [0.5, 0.6) is 0 Å². The van der Waals surface area contributed by atoms with Crippen molar-refractivity contribution in [1.82, 2.24) is 5.32 Å². The van der Waals surface area contributed by atoms with Gasteiger partial charge in [-0.25, -0.2) is 4.39 Å². The summed E-state index contributed by atoms with van der Waals surface area (Å²) in [4.78, 5) is 9.55. The Kier molecular flexibility index (Phi) is 11.6. The van der Waals surface area contributed by atoms with E-state index in [1.165, 1.54) is 12.1 Å². The number of rotatable bonds is 14. The molecule has 5 nitrogen and oxygen atoms in total. The zero-order chi connectivity index (χ0) is 21.6. The molecule has 30 heavy (non-hydrogen) atoms. The van der Waals surface area contributed by atoms with Gasteiger partial charge in [-0.1, -0.05) is 24.6 Å². The molecule has 0 amide bonds. The van der Waals surface area contributed by atoms with E-state index < -0.39 is 8.25 Å². The highest BCUT2D eigenvalue weighted by molar-refractivity contribution is 7.99. The molecule has 8 heteroatoms. The molecule has 0 aliphatic carbocycles. The van der Waals surface area contributed by atoms with Gasteiger partial charge in [0.25, 0.3) is 0 Å². The minimum absolute atomic E-state index is 0.197. The van der Waals surface area contributed by atoms with E-state index in [-0.39, 0.29) is 12.4 Å². The van der Waals surface area contributed by atoms with Crippen LogP contribution in [0.1, 0.15) is 42.4 Å². The molecule has 0 aliphatic rings. The van der Waals surface area contributed by atoms with Crippen molar-refractivity contribution >= 4 is 20.0 Å². The summed E-state index contributed by atoms with van der Waals surface area (Å²) in [6, 6.07) is 14.9. The Hall–Kier alpha value is -1.81. The van der Waals surface area contributed by atoms with Crippen molar-refractivity contribution in [3.63, 3.8) is 0 Å². The quantitative estimate of drug-likeness (QED) is 0.230. The number of hydrogen-bond acceptors (Lipinski definition) is 5. The zero-order valence-corrected chi connectivity index (χ0v) is 18.6. The number of nitriles is 1. The van der Waals surface area contributed by atoms with Gasteiger partial charge in [-0.2, -0.15) is 5.26 Å². The van der Waals surface area contributed by atoms with Gasteiger partial charge in [-0.3, -0.25) is 0 Å². The molecule has 1 unspecified atom stereocenters. The molecule has 0 aromatic heterocycles. The smallest absolute Gasteiger partial charge is 0.313 e. The van der Waals surface area contributed by atoms with Gasteiger partial charge in [-0.05, 0) is 73.4 Å². The molecule has 0 bridgehead atoms. The number of nitrogens with zero attached hydrogens (tertiary/aromatic N) is 1. The molecule has 1 atom stereocenters. The van der Waals surface area contributed by atoms with Gasteiger partial charge >= 0.3 is 8.25 Å². The van der Waals surface area contributed by atoms with Crippen molar-refractivity contribution in [3.05, 3.63) is 65.0 Å². The van der Waals surface area contributed by atoms with E-state index in [9.17, 15) is 14.2 Å². The van der Waals surface area contributed by atoms with Crippen molar-refractivity contribution in [2.75, 3.05) is 18.9 Å². The summed E-state index contributed by atoms with van der Waals surface area (Å²) in [5.41, 5.74) is 2.88. The van der Waals surface area contributed by atoms with Gasteiger partial charge in [0, 0.05) is 16.0 Å². The molecule has 2 aromatic rings. The van der Waals surface area contributed by atoms with Crippen molar-refractivity contribution in [3.8, 4) is 6.07 Å². The van der Waals surface area contributed by atoms with Crippen LogP contribution in [-0.2, 0) is 22.1 Å². The Morgan fingerprint density at radius 2 is 1.87 bits per heavy atom. The highest BCUT2D eigenvalue weighted by Gasteiger charge is 2.10. The lowest BCUT2D eigenvalue weighted by Gasteiger charge is -2.08. The van der Waals surface area contributed by atoms with Crippen molar-refractivity contribution < 1.29 is 18.4 Å². The maximum Gasteiger partial charge on any atom is 0.694 e. The fourth-order valence-electron chi connectivity index (χ4n) is 2.91. The maximum atomic E-state index is 12.9. The van der Waals surface area contributed by atoms with E-state index in [1.54, 1.807) is 11.8 Å². The first-order chi connectivity index (χ1) is 14.6.